The third kappa shape index (κ3) is 3.25. The Labute approximate surface area is 110 Å². The number of halogens is 2. The number of hydrogen-bond acceptors (Lipinski definition) is 2. The van der Waals surface area contributed by atoms with Crippen molar-refractivity contribution in [2.75, 3.05) is 0 Å². The number of benzene rings is 1. The first-order chi connectivity index (χ1) is 8.70. The summed E-state index contributed by atoms with van der Waals surface area (Å²) in [6, 6.07) is 2.42. The van der Waals surface area contributed by atoms with E-state index in [1.54, 1.807) is 0 Å². The Morgan fingerprint density at radius 1 is 1.06 bits per heavy atom. The van der Waals surface area contributed by atoms with E-state index in [1.807, 2.05) is 0 Å². The lowest BCUT2D eigenvalue weighted by atomic mass is 10.1. The SMILES string of the molecule is CCCCCCCc1nc2cc(F)c(F)cc2s1. The number of aryl methyl sites for hydroxylation is 1. The second-order valence-electron chi connectivity index (χ2n) is 4.51. The minimum Gasteiger partial charge on any atom is -0.241 e. The molecule has 18 heavy (non-hydrogen) atoms. The van der Waals surface area contributed by atoms with Gasteiger partial charge in [0, 0.05) is 6.07 Å². The van der Waals surface area contributed by atoms with Gasteiger partial charge in [-0.3, -0.25) is 0 Å². The largest absolute Gasteiger partial charge is 0.241 e. The molecule has 0 aliphatic rings. The third-order valence-electron chi connectivity index (χ3n) is 2.97. The maximum atomic E-state index is 13.1. The summed E-state index contributed by atoms with van der Waals surface area (Å²) in [6.45, 7) is 2.19. The number of aromatic nitrogens is 1. The molecule has 4 heteroatoms. The first-order valence-electron chi connectivity index (χ1n) is 6.45. The highest BCUT2D eigenvalue weighted by Crippen LogP contribution is 2.25. The molecule has 0 saturated heterocycles. The van der Waals surface area contributed by atoms with E-state index in [1.165, 1.54) is 49.2 Å². The maximum absolute atomic E-state index is 13.1. The molecule has 1 nitrogen and oxygen atoms in total. The Hall–Kier alpha value is -1.03. The molecule has 0 radical (unpaired) electrons. The quantitative estimate of drug-likeness (QED) is 0.666. The van der Waals surface area contributed by atoms with Crippen LogP contribution in [0.3, 0.4) is 0 Å². The standard InChI is InChI=1S/C14H17F2NS/c1-2-3-4-5-6-7-14-17-12-8-10(15)11(16)9-13(12)18-14/h8-9H,2-7H2,1H3. The fraction of sp³-hybridized carbons (Fsp3) is 0.500. The summed E-state index contributed by atoms with van der Waals surface area (Å²) >= 11 is 1.47. The molecule has 0 fully saturated rings. The highest BCUT2D eigenvalue weighted by molar-refractivity contribution is 7.18. The Morgan fingerprint density at radius 2 is 1.78 bits per heavy atom. The first-order valence-corrected chi connectivity index (χ1v) is 7.27. The van der Waals surface area contributed by atoms with Gasteiger partial charge in [-0.2, -0.15) is 0 Å². The molecule has 1 aromatic heterocycles. The zero-order chi connectivity index (χ0) is 13.0. The van der Waals surface area contributed by atoms with Gasteiger partial charge in [0.2, 0.25) is 0 Å². The predicted octanol–water partition coefficient (Wildman–Crippen LogP) is 5.09. The highest BCUT2D eigenvalue weighted by atomic mass is 32.1. The van der Waals surface area contributed by atoms with Gasteiger partial charge < -0.3 is 0 Å². The number of thiazole rings is 1. The van der Waals surface area contributed by atoms with Gasteiger partial charge in [0.25, 0.3) is 0 Å². The molecule has 0 aliphatic carbocycles. The van der Waals surface area contributed by atoms with E-state index in [9.17, 15) is 8.78 Å². The van der Waals surface area contributed by atoms with Crippen molar-refractivity contribution < 1.29 is 8.78 Å². The molecule has 2 rings (SSSR count). The number of fused-ring (bicyclic) bond motifs is 1. The molecule has 0 unspecified atom stereocenters. The van der Waals surface area contributed by atoms with Gasteiger partial charge in [-0.05, 0) is 18.9 Å². The molecule has 0 amide bonds. The second kappa shape index (κ2) is 6.23. The number of hydrogen-bond donors (Lipinski definition) is 0. The summed E-state index contributed by atoms with van der Waals surface area (Å²) in [5.41, 5.74) is 0.572. The average Bonchev–Trinajstić information content (AvgIpc) is 2.71. The van der Waals surface area contributed by atoms with E-state index in [-0.39, 0.29) is 0 Å². The van der Waals surface area contributed by atoms with Crippen molar-refractivity contribution in [2.45, 2.75) is 45.4 Å². The minimum absolute atomic E-state index is 0.572. The number of rotatable bonds is 6. The van der Waals surface area contributed by atoms with Crippen molar-refractivity contribution in [3.8, 4) is 0 Å². The van der Waals surface area contributed by atoms with Gasteiger partial charge >= 0.3 is 0 Å². The van der Waals surface area contributed by atoms with Gasteiger partial charge in [-0.15, -0.1) is 11.3 Å². The summed E-state index contributed by atoms with van der Waals surface area (Å²) in [5, 5.41) is 0.978. The summed E-state index contributed by atoms with van der Waals surface area (Å²) in [4.78, 5) is 4.34. The normalized spacial score (nSPS) is 11.3. The molecule has 0 bridgehead atoms. The highest BCUT2D eigenvalue weighted by Gasteiger charge is 2.09. The second-order valence-corrected chi connectivity index (χ2v) is 5.62. The van der Waals surface area contributed by atoms with Crippen LogP contribution in [0.1, 0.15) is 44.0 Å². The monoisotopic (exact) mass is 269 g/mol. The fourth-order valence-corrected chi connectivity index (χ4v) is 2.97. The van der Waals surface area contributed by atoms with Crippen LogP contribution in [0.2, 0.25) is 0 Å². The van der Waals surface area contributed by atoms with Gasteiger partial charge in [0.05, 0.1) is 15.2 Å². The lowest BCUT2D eigenvalue weighted by Crippen LogP contribution is -1.85. The van der Waals surface area contributed by atoms with Crippen LogP contribution in [0.4, 0.5) is 8.78 Å². The van der Waals surface area contributed by atoms with E-state index >= 15 is 0 Å². The average molecular weight is 269 g/mol. The lowest BCUT2D eigenvalue weighted by molar-refractivity contribution is 0.511. The molecule has 98 valence electrons. The van der Waals surface area contributed by atoms with Crippen LogP contribution in [0, 0.1) is 11.6 Å². The van der Waals surface area contributed by atoms with Gasteiger partial charge in [-0.1, -0.05) is 32.6 Å². The van der Waals surface area contributed by atoms with Crippen molar-refractivity contribution in [3.63, 3.8) is 0 Å². The lowest BCUT2D eigenvalue weighted by Gasteiger charge is -1.96. The zero-order valence-electron chi connectivity index (χ0n) is 10.5. The fourth-order valence-electron chi connectivity index (χ4n) is 1.96. The molecule has 0 atom stereocenters. The van der Waals surface area contributed by atoms with Crippen molar-refractivity contribution >= 4 is 21.6 Å². The molecule has 0 spiro atoms. The summed E-state index contributed by atoms with van der Waals surface area (Å²) < 4.78 is 26.8. The van der Waals surface area contributed by atoms with Crippen molar-refractivity contribution in [2.24, 2.45) is 0 Å². The smallest absolute Gasteiger partial charge is 0.161 e. The summed E-state index contributed by atoms with van der Waals surface area (Å²) in [7, 11) is 0. The van der Waals surface area contributed by atoms with Crippen molar-refractivity contribution in [1.82, 2.24) is 4.98 Å². The van der Waals surface area contributed by atoms with E-state index in [0.717, 1.165) is 22.5 Å². The number of unbranched alkanes of at least 4 members (excludes halogenated alkanes) is 4. The van der Waals surface area contributed by atoms with Crippen molar-refractivity contribution in [3.05, 3.63) is 28.8 Å². The molecule has 0 saturated carbocycles. The number of nitrogens with zero attached hydrogens (tertiary/aromatic N) is 1. The molecular formula is C14H17F2NS. The van der Waals surface area contributed by atoms with E-state index < -0.39 is 11.6 Å². The summed E-state index contributed by atoms with van der Waals surface area (Å²) in [6.07, 6.45) is 6.98. The van der Waals surface area contributed by atoms with E-state index in [0.29, 0.717) is 5.52 Å². The van der Waals surface area contributed by atoms with Gasteiger partial charge in [-0.25, -0.2) is 13.8 Å². The minimum atomic E-state index is -0.817. The van der Waals surface area contributed by atoms with Crippen LogP contribution in [-0.2, 0) is 6.42 Å². The Kier molecular flexibility index (Phi) is 4.64. The summed E-state index contributed by atoms with van der Waals surface area (Å²) in [5.74, 6) is -1.61. The van der Waals surface area contributed by atoms with Crippen LogP contribution in [0.15, 0.2) is 12.1 Å². The maximum Gasteiger partial charge on any atom is 0.161 e. The molecule has 1 heterocycles. The Balaban J connectivity index is 1.97. The first kappa shape index (κ1) is 13.4. The van der Waals surface area contributed by atoms with Crippen LogP contribution in [0.25, 0.3) is 10.2 Å². The molecular weight excluding hydrogens is 252 g/mol. The topological polar surface area (TPSA) is 12.9 Å². The van der Waals surface area contributed by atoms with E-state index in [4.69, 9.17) is 0 Å². The van der Waals surface area contributed by atoms with Gasteiger partial charge in [0.15, 0.2) is 11.6 Å². The molecule has 1 aromatic carbocycles. The Morgan fingerprint density at radius 3 is 2.56 bits per heavy atom. The van der Waals surface area contributed by atoms with E-state index in [2.05, 4.69) is 11.9 Å². The van der Waals surface area contributed by atoms with Gasteiger partial charge in [0.1, 0.15) is 0 Å². The molecule has 2 aromatic rings. The molecule has 0 aliphatic heterocycles. The third-order valence-corrected chi connectivity index (χ3v) is 4.05. The van der Waals surface area contributed by atoms with Crippen LogP contribution in [-0.4, -0.2) is 4.98 Å². The zero-order valence-corrected chi connectivity index (χ0v) is 11.3. The van der Waals surface area contributed by atoms with Crippen LogP contribution < -0.4 is 0 Å². The van der Waals surface area contributed by atoms with Crippen LogP contribution in [0.5, 0.6) is 0 Å². The van der Waals surface area contributed by atoms with Crippen molar-refractivity contribution in [1.29, 1.82) is 0 Å². The Bertz CT molecular complexity index is 483. The predicted molar refractivity (Wildman–Crippen MR) is 72.0 cm³/mol. The molecule has 0 N–H and O–H groups in total. The van der Waals surface area contributed by atoms with Crippen LogP contribution >= 0.6 is 11.3 Å².